The third-order valence-electron chi connectivity index (χ3n) is 2.99. The quantitative estimate of drug-likeness (QED) is 0.804. The summed E-state index contributed by atoms with van der Waals surface area (Å²) in [5.41, 5.74) is 8.87. The summed E-state index contributed by atoms with van der Waals surface area (Å²) in [6.45, 7) is 2.58. The SMILES string of the molecule is Bc1ccc(-c2scc(C(C)CN)c2O)cc1. The molecule has 0 bridgehead atoms. The second kappa shape index (κ2) is 4.94. The molecule has 0 radical (unpaired) electrons. The highest BCUT2D eigenvalue weighted by Gasteiger charge is 2.16. The van der Waals surface area contributed by atoms with Crippen LogP contribution in [0.15, 0.2) is 29.6 Å². The first-order valence-corrected chi connectivity index (χ1v) is 6.59. The van der Waals surface area contributed by atoms with Gasteiger partial charge in [0.2, 0.25) is 0 Å². The monoisotopic (exact) mass is 245 g/mol. The van der Waals surface area contributed by atoms with Crippen LogP contribution >= 0.6 is 11.3 Å². The summed E-state index contributed by atoms with van der Waals surface area (Å²) in [6.07, 6.45) is 0. The van der Waals surface area contributed by atoms with E-state index in [9.17, 15) is 5.11 Å². The number of aromatic hydroxyl groups is 1. The third kappa shape index (κ3) is 2.38. The van der Waals surface area contributed by atoms with Gasteiger partial charge in [-0.15, -0.1) is 11.3 Å². The minimum atomic E-state index is 0.199. The van der Waals surface area contributed by atoms with E-state index in [0.29, 0.717) is 12.3 Å². The van der Waals surface area contributed by atoms with Crippen LogP contribution in [0, 0.1) is 0 Å². The Labute approximate surface area is 107 Å². The van der Waals surface area contributed by atoms with Crippen LogP contribution in [0.25, 0.3) is 10.4 Å². The maximum atomic E-state index is 10.2. The van der Waals surface area contributed by atoms with Crippen LogP contribution in [0.5, 0.6) is 5.75 Å². The minimum absolute atomic E-state index is 0.199. The Bertz CT molecular complexity index is 507. The largest absolute Gasteiger partial charge is 0.506 e. The zero-order chi connectivity index (χ0) is 12.4. The molecule has 0 saturated heterocycles. The minimum Gasteiger partial charge on any atom is -0.506 e. The summed E-state index contributed by atoms with van der Waals surface area (Å²) in [7, 11) is 2.06. The summed E-state index contributed by atoms with van der Waals surface area (Å²) < 4.78 is 0. The summed E-state index contributed by atoms with van der Waals surface area (Å²) in [5, 5.41) is 12.2. The van der Waals surface area contributed by atoms with E-state index >= 15 is 0 Å². The standard InChI is InChI=1S/C13H16BNOS/c1-8(6-15)11-7-17-13(12(11)16)9-2-4-10(14)5-3-9/h2-5,7-8,16H,6,14-15H2,1H3. The lowest BCUT2D eigenvalue weighted by atomic mass is 9.94. The summed E-state index contributed by atoms with van der Waals surface area (Å²) >= 11 is 1.57. The van der Waals surface area contributed by atoms with Crippen molar-refractivity contribution in [2.75, 3.05) is 6.54 Å². The average Bonchev–Trinajstić information content (AvgIpc) is 2.71. The van der Waals surface area contributed by atoms with Crippen LogP contribution in [0.3, 0.4) is 0 Å². The highest BCUT2D eigenvalue weighted by Crippen LogP contribution is 2.40. The highest BCUT2D eigenvalue weighted by atomic mass is 32.1. The summed E-state index contributed by atoms with van der Waals surface area (Å²) in [6, 6.07) is 8.19. The van der Waals surface area contributed by atoms with Crippen molar-refractivity contribution < 1.29 is 5.11 Å². The molecule has 0 aliphatic heterocycles. The molecule has 0 aliphatic rings. The van der Waals surface area contributed by atoms with E-state index in [0.717, 1.165) is 16.0 Å². The molecule has 1 aromatic heterocycles. The molecule has 17 heavy (non-hydrogen) atoms. The second-order valence-electron chi connectivity index (χ2n) is 4.37. The molecular weight excluding hydrogens is 229 g/mol. The van der Waals surface area contributed by atoms with E-state index in [1.54, 1.807) is 11.3 Å². The predicted molar refractivity (Wildman–Crippen MR) is 77.1 cm³/mol. The van der Waals surface area contributed by atoms with Gasteiger partial charge in [0.25, 0.3) is 0 Å². The van der Waals surface area contributed by atoms with Gasteiger partial charge in [0.05, 0.1) is 4.88 Å². The maximum Gasteiger partial charge on any atom is 0.139 e. The Morgan fingerprint density at radius 1 is 1.35 bits per heavy atom. The Morgan fingerprint density at radius 2 is 2.00 bits per heavy atom. The normalized spacial score (nSPS) is 12.6. The van der Waals surface area contributed by atoms with Gasteiger partial charge in [-0.25, -0.2) is 0 Å². The van der Waals surface area contributed by atoms with E-state index in [1.807, 2.05) is 24.4 Å². The molecule has 0 saturated carbocycles. The fourth-order valence-corrected chi connectivity index (χ4v) is 2.84. The van der Waals surface area contributed by atoms with E-state index in [1.165, 1.54) is 5.46 Å². The number of thiophene rings is 1. The van der Waals surface area contributed by atoms with Crippen LogP contribution in [0.4, 0.5) is 0 Å². The zero-order valence-corrected chi connectivity index (χ0v) is 10.9. The van der Waals surface area contributed by atoms with Crippen molar-refractivity contribution in [3.05, 3.63) is 35.2 Å². The molecule has 3 N–H and O–H groups in total. The Kier molecular flexibility index (Phi) is 3.55. The highest BCUT2D eigenvalue weighted by molar-refractivity contribution is 7.14. The van der Waals surface area contributed by atoms with Gasteiger partial charge < -0.3 is 10.8 Å². The topological polar surface area (TPSA) is 46.2 Å². The van der Waals surface area contributed by atoms with Crippen molar-refractivity contribution in [1.29, 1.82) is 0 Å². The van der Waals surface area contributed by atoms with Crippen LogP contribution in [0.1, 0.15) is 18.4 Å². The molecule has 2 nitrogen and oxygen atoms in total. The van der Waals surface area contributed by atoms with Crippen molar-refractivity contribution in [1.82, 2.24) is 0 Å². The van der Waals surface area contributed by atoms with E-state index in [4.69, 9.17) is 5.73 Å². The van der Waals surface area contributed by atoms with Gasteiger partial charge in [-0.3, -0.25) is 0 Å². The number of nitrogens with two attached hydrogens (primary N) is 1. The first-order valence-electron chi connectivity index (χ1n) is 5.71. The fraction of sp³-hybridized carbons (Fsp3) is 0.231. The number of hydrogen-bond acceptors (Lipinski definition) is 3. The number of benzene rings is 1. The first kappa shape index (κ1) is 12.2. The average molecular weight is 245 g/mol. The molecule has 1 heterocycles. The Balaban J connectivity index is 2.40. The predicted octanol–water partition coefficient (Wildman–Crippen LogP) is 1.44. The zero-order valence-electron chi connectivity index (χ0n) is 10.1. The van der Waals surface area contributed by atoms with Gasteiger partial charge in [0.15, 0.2) is 0 Å². The Hall–Kier alpha value is -1.26. The molecule has 1 unspecified atom stereocenters. The van der Waals surface area contributed by atoms with Crippen molar-refractivity contribution >= 4 is 24.6 Å². The van der Waals surface area contributed by atoms with Crippen LogP contribution in [0.2, 0.25) is 0 Å². The van der Waals surface area contributed by atoms with Gasteiger partial charge in [0.1, 0.15) is 13.6 Å². The first-order chi connectivity index (χ1) is 8.13. The molecule has 0 spiro atoms. The lowest BCUT2D eigenvalue weighted by Crippen LogP contribution is -2.07. The van der Waals surface area contributed by atoms with E-state index in [-0.39, 0.29) is 5.92 Å². The Morgan fingerprint density at radius 3 is 2.59 bits per heavy atom. The molecule has 1 atom stereocenters. The van der Waals surface area contributed by atoms with E-state index < -0.39 is 0 Å². The van der Waals surface area contributed by atoms with Crippen molar-refractivity contribution in [3.8, 4) is 16.2 Å². The van der Waals surface area contributed by atoms with Crippen LogP contribution in [-0.2, 0) is 0 Å². The van der Waals surface area contributed by atoms with Crippen molar-refractivity contribution in [2.45, 2.75) is 12.8 Å². The lowest BCUT2D eigenvalue weighted by Gasteiger charge is -2.07. The number of rotatable bonds is 3. The van der Waals surface area contributed by atoms with Gasteiger partial charge in [-0.05, 0) is 23.4 Å². The molecule has 2 rings (SSSR count). The van der Waals surface area contributed by atoms with Crippen molar-refractivity contribution in [2.24, 2.45) is 5.73 Å². The van der Waals surface area contributed by atoms with Gasteiger partial charge in [-0.1, -0.05) is 36.7 Å². The number of hydrogen-bond donors (Lipinski definition) is 2. The fourth-order valence-electron chi connectivity index (χ4n) is 1.75. The maximum absolute atomic E-state index is 10.2. The van der Waals surface area contributed by atoms with Crippen LogP contribution in [-0.4, -0.2) is 19.5 Å². The van der Waals surface area contributed by atoms with E-state index in [2.05, 4.69) is 20.0 Å². The molecule has 4 heteroatoms. The van der Waals surface area contributed by atoms with Crippen LogP contribution < -0.4 is 11.2 Å². The smallest absolute Gasteiger partial charge is 0.139 e. The lowest BCUT2D eigenvalue weighted by molar-refractivity contribution is 0.468. The molecule has 0 fully saturated rings. The molecular formula is C13H16BNOS. The molecule has 0 amide bonds. The van der Waals surface area contributed by atoms with Gasteiger partial charge >= 0.3 is 0 Å². The summed E-state index contributed by atoms with van der Waals surface area (Å²) in [5.74, 6) is 0.585. The molecule has 1 aromatic carbocycles. The molecule has 88 valence electrons. The molecule has 0 aliphatic carbocycles. The van der Waals surface area contributed by atoms with Gasteiger partial charge in [-0.2, -0.15) is 0 Å². The third-order valence-corrected chi connectivity index (χ3v) is 4.03. The molecule has 2 aromatic rings. The summed E-state index contributed by atoms with van der Waals surface area (Å²) in [4.78, 5) is 0.931. The van der Waals surface area contributed by atoms with Gasteiger partial charge in [0, 0.05) is 5.56 Å². The second-order valence-corrected chi connectivity index (χ2v) is 5.25. The van der Waals surface area contributed by atoms with Crippen molar-refractivity contribution in [3.63, 3.8) is 0 Å².